The van der Waals surface area contributed by atoms with E-state index in [0.717, 1.165) is 0 Å². The third-order valence-corrected chi connectivity index (χ3v) is 12.6. The lowest BCUT2D eigenvalue weighted by Gasteiger charge is -2.26. The molecule has 0 aliphatic heterocycles. The van der Waals surface area contributed by atoms with Crippen LogP contribution in [0.3, 0.4) is 0 Å². The Labute approximate surface area is 294 Å². The van der Waals surface area contributed by atoms with Gasteiger partial charge in [-0.15, -0.1) is 11.3 Å². The predicted molar refractivity (Wildman–Crippen MR) is 218 cm³/mol. The highest BCUT2D eigenvalue weighted by Gasteiger charge is 2.39. The Morgan fingerprint density at radius 3 is 1.72 bits per heavy atom. The SMILES string of the molecule is CC1(C)c2cc(-c3cccc(-c4cccc5c4sc4ccccc45)c3)ccc2-c2c1c1c3ccccc3c3ccccc3c1c1ccccc21. The van der Waals surface area contributed by atoms with E-state index in [9.17, 15) is 0 Å². The molecule has 234 valence electrons. The minimum atomic E-state index is -0.200. The molecule has 10 aromatic rings. The molecule has 1 aliphatic rings. The van der Waals surface area contributed by atoms with E-state index < -0.39 is 0 Å². The number of benzene rings is 9. The Morgan fingerprint density at radius 1 is 0.400 bits per heavy atom. The molecule has 1 heterocycles. The highest BCUT2D eigenvalue weighted by atomic mass is 32.1. The second-order valence-electron chi connectivity index (χ2n) is 14.4. The highest BCUT2D eigenvalue weighted by Crippen LogP contribution is 2.57. The molecule has 0 amide bonds. The summed E-state index contributed by atoms with van der Waals surface area (Å²) in [5.74, 6) is 0. The van der Waals surface area contributed by atoms with Gasteiger partial charge in [0.15, 0.2) is 0 Å². The van der Waals surface area contributed by atoms with Crippen molar-refractivity contribution in [3.8, 4) is 33.4 Å². The van der Waals surface area contributed by atoms with Crippen molar-refractivity contribution in [1.82, 2.24) is 0 Å². The predicted octanol–water partition coefficient (Wildman–Crippen LogP) is 14.3. The van der Waals surface area contributed by atoms with Crippen molar-refractivity contribution in [3.05, 3.63) is 169 Å². The van der Waals surface area contributed by atoms with Gasteiger partial charge in [0.1, 0.15) is 0 Å². The summed E-state index contributed by atoms with van der Waals surface area (Å²) >= 11 is 1.90. The summed E-state index contributed by atoms with van der Waals surface area (Å²) in [6.07, 6.45) is 0. The molecule has 0 spiro atoms. The van der Waals surface area contributed by atoms with Gasteiger partial charge in [-0.25, -0.2) is 0 Å². The number of hydrogen-bond acceptors (Lipinski definition) is 1. The Hall–Kier alpha value is -5.76. The summed E-state index contributed by atoms with van der Waals surface area (Å²) in [5.41, 5.74) is 10.5. The summed E-state index contributed by atoms with van der Waals surface area (Å²) < 4.78 is 2.70. The first-order valence-corrected chi connectivity index (χ1v) is 18.3. The average molecular weight is 653 g/mol. The zero-order valence-corrected chi connectivity index (χ0v) is 28.7. The van der Waals surface area contributed by atoms with E-state index >= 15 is 0 Å². The Bertz CT molecular complexity index is 3060. The lowest BCUT2D eigenvalue weighted by atomic mass is 9.77. The van der Waals surface area contributed by atoms with E-state index in [4.69, 9.17) is 0 Å². The van der Waals surface area contributed by atoms with Crippen LogP contribution >= 0.6 is 11.3 Å². The molecule has 0 radical (unpaired) electrons. The van der Waals surface area contributed by atoms with Crippen molar-refractivity contribution >= 4 is 74.6 Å². The topological polar surface area (TPSA) is 0 Å². The molecule has 0 fully saturated rings. The van der Waals surface area contributed by atoms with Crippen LogP contribution in [0, 0.1) is 0 Å². The molecule has 0 nitrogen and oxygen atoms in total. The summed E-state index contributed by atoms with van der Waals surface area (Å²) in [7, 11) is 0. The molecular weight excluding hydrogens is 621 g/mol. The molecule has 1 heteroatoms. The Kier molecular flexibility index (Phi) is 5.70. The molecule has 9 aromatic carbocycles. The summed E-state index contributed by atoms with van der Waals surface area (Å²) in [5, 5.41) is 13.4. The van der Waals surface area contributed by atoms with E-state index in [0.29, 0.717) is 0 Å². The van der Waals surface area contributed by atoms with Gasteiger partial charge >= 0.3 is 0 Å². The zero-order valence-electron chi connectivity index (χ0n) is 27.9. The molecule has 1 aromatic heterocycles. The van der Waals surface area contributed by atoms with Crippen LogP contribution < -0.4 is 0 Å². The van der Waals surface area contributed by atoms with Crippen LogP contribution in [0.2, 0.25) is 0 Å². The van der Waals surface area contributed by atoms with Crippen LogP contribution in [0.4, 0.5) is 0 Å². The summed E-state index contributed by atoms with van der Waals surface area (Å²) in [6, 6.07) is 59.0. The van der Waals surface area contributed by atoms with E-state index in [-0.39, 0.29) is 5.41 Å². The van der Waals surface area contributed by atoms with Gasteiger partial charge in [0.2, 0.25) is 0 Å². The second-order valence-corrected chi connectivity index (χ2v) is 15.4. The van der Waals surface area contributed by atoms with Crippen LogP contribution in [0.1, 0.15) is 25.0 Å². The first-order chi connectivity index (χ1) is 24.6. The molecule has 0 saturated heterocycles. The fourth-order valence-electron chi connectivity index (χ4n) is 9.20. The summed E-state index contributed by atoms with van der Waals surface area (Å²) in [4.78, 5) is 0. The van der Waals surface area contributed by atoms with E-state index in [2.05, 4.69) is 172 Å². The van der Waals surface area contributed by atoms with Crippen molar-refractivity contribution in [1.29, 1.82) is 0 Å². The second kappa shape index (κ2) is 10.1. The van der Waals surface area contributed by atoms with Gasteiger partial charge in [0.25, 0.3) is 0 Å². The quantitative estimate of drug-likeness (QED) is 0.163. The summed E-state index contributed by atoms with van der Waals surface area (Å²) in [6.45, 7) is 4.89. The van der Waals surface area contributed by atoms with Crippen LogP contribution in [-0.4, -0.2) is 0 Å². The third kappa shape index (κ3) is 3.71. The van der Waals surface area contributed by atoms with Gasteiger partial charge in [-0.3, -0.25) is 0 Å². The first-order valence-electron chi connectivity index (χ1n) is 17.5. The molecule has 11 rings (SSSR count). The van der Waals surface area contributed by atoms with Gasteiger partial charge in [-0.1, -0.05) is 153 Å². The fourth-order valence-corrected chi connectivity index (χ4v) is 10.4. The molecular formula is C49H32S. The molecule has 0 unspecified atom stereocenters. The van der Waals surface area contributed by atoms with Crippen LogP contribution in [0.5, 0.6) is 0 Å². The zero-order chi connectivity index (χ0) is 33.1. The third-order valence-electron chi connectivity index (χ3n) is 11.4. The molecule has 0 saturated carbocycles. The Morgan fingerprint density at radius 2 is 0.960 bits per heavy atom. The minimum Gasteiger partial charge on any atom is -0.135 e. The molecule has 50 heavy (non-hydrogen) atoms. The number of rotatable bonds is 2. The standard InChI is InChI=1S/C49H32S/c1-49(2)42-28-30(29-13-11-14-31(27-29)32-22-12-23-40-35-17-9-10-24-43(35)50-48(32)40)25-26-41(42)45-39-21-8-7-20-38(39)44-36-18-5-3-15-33(36)34-16-4-6-19-37(34)46(44)47(45)49/h3-28H,1-2H3. The van der Waals surface area contributed by atoms with Crippen LogP contribution in [-0.2, 0) is 5.41 Å². The van der Waals surface area contributed by atoms with Crippen molar-refractivity contribution in [2.75, 3.05) is 0 Å². The normalized spacial score (nSPS) is 13.6. The number of fused-ring (bicyclic) bond motifs is 16. The largest absolute Gasteiger partial charge is 0.135 e. The van der Waals surface area contributed by atoms with Gasteiger partial charge in [-0.05, 0) is 106 Å². The van der Waals surface area contributed by atoms with E-state index in [1.165, 1.54) is 108 Å². The van der Waals surface area contributed by atoms with Crippen molar-refractivity contribution < 1.29 is 0 Å². The maximum Gasteiger partial charge on any atom is 0.0433 e. The minimum absolute atomic E-state index is 0.200. The molecule has 0 bridgehead atoms. The smallest absolute Gasteiger partial charge is 0.0433 e. The first kappa shape index (κ1) is 28.1. The fraction of sp³-hybridized carbons (Fsp3) is 0.0612. The van der Waals surface area contributed by atoms with Crippen molar-refractivity contribution in [3.63, 3.8) is 0 Å². The van der Waals surface area contributed by atoms with Gasteiger partial charge in [0.05, 0.1) is 0 Å². The number of hydrogen-bond donors (Lipinski definition) is 0. The average Bonchev–Trinajstić information content (AvgIpc) is 3.67. The van der Waals surface area contributed by atoms with E-state index in [1.54, 1.807) is 0 Å². The molecule has 1 aliphatic carbocycles. The van der Waals surface area contributed by atoms with E-state index in [1.807, 2.05) is 11.3 Å². The van der Waals surface area contributed by atoms with Crippen LogP contribution in [0.15, 0.2) is 158 Å². The monoisotopic (exact) mass is 652 g/mol. The molecule has 0 N–H and O–H groups in total. The van der Waals surface area contributed by atoms with Crippen molar-refractivity contribution in [2.24, 2.45) is 0 Å². The van der Waals surface area contributed by atoms with Crippen molar-refractivity contribution in [2.45, 2.75) is 19.3 Å². The Balaban J connectivity index is 1.15. The lowest BCUT2D eigenvalue weighted by molar-refractivity contribution is 0.667. The molecule has 0 atom stereocenters. The van der Waals surface area contributed by atoms with Crippen LogP contribution in [0.25, 0.3) is 96.6 Å². The van der Waals surface area contributed by atoms with Gasteiger partial charge in [0, 0.05) is 25.6 Å². The maximum atomic E-state index is 2.48. The number of thiophene rings is 1. The maximum absolute atomic E-state index is 2.48. The lowest BCUT2D eigenvalue weighted by Crippen LogP contribution is -2.16. The van der Waals surface area contributed by atoms with Gasteiger partial charge < -0.3 is 0 Å². The van der Waals surface area contributed by atoms with Gasteiger partial charge in [-0.2, -0.15) is 0 Å². The highest BCUT2D eigenvalue weighted by molar-refractivity contribution is 7.26.